The van der Waals surface area contributed by atoms with Crippen LogP contribution in [0.4, 0.5) is 13.2 Å². The zero-order valence-electron chi connectivity index (χ0n) is 18.5. The first-order valence-electron chi connectivity index (χ1n) is 10.4. The molecule has 2 unspecified atom stereocenters. The maximum Gasteiger partial charge on any atom is 0.435 e. The van der Waals surface area contributed by atoms with E-state index in [0.717, 1.165) is 11.6 Å². The number of amides is 1. The third-order valence-electron chi connectivity index (χ3n) is 6.47. The molecule has 5 heterocycles. The van der Waals surface area contributed by atoms with E-state index >= 15 is 0 Å². The lowest BCUT2D eigenvalue weighted by Crippen LogP contribution is -2.49. The fourth-order valence-electron chi connectivity index (χ4n) is 4.70. The zero-order chi connectivity index (χ0) is 23.7. The molecular weight excluding hydrogens is 455 g/mol. The minimum atomic E-state index is -4.53. The van der Waals surface area contributed by atoms with E-state index in [1.807, 2.05) is 19.9 Å². The summed E-state index contributed by atoms with van der Waals surface area (Å²) in [5.74, 6) is -0.168. The Morgan fingerprint density at radius 3 is 2.70 bits per heavy atom. The first kappa shape index (κ1) is 21.9. The maximum atomic E-state index is 13.5. The van der Waals surface area contributed by atoms with Gasteiger partial charge in [0, 0.05) is 32.4 Å². The molecule has 174 valence electrons. The van der Waals surface area contributed by atoms with Crippen molar-refractivity contribution < 1.29 is 18.0 Å². The monoisotopic (exact) mass is 477 g/mol. The van der Waals surface area contributed by atoms with Crippen LogP contribution in [0.15, 0.2) is 28.3 Å². The molecule has 0 N–H and O–H groups in total. The number of aromatic nitrogens is 4. The largest absolute Gasteiger partial charge is 0.435 e. The lowest BCUT2D eigenvalue weighted by molar-refractivity contribution is -0.141. The maximum absolute atomic E-state index is 13.5. The smallest absolute Gasteiger partial charge is 0.329 e. The molecule has 0 spiro atoms. The van der Waals surface area contributed by atoms with Crippen molar-refractivity contribution in [3.05, 3.63) is 35.3 Å². The Hall–Kier alpha value is -2.89. The normalized spacial score (nSPS) is 26.4. The fraction of sp³-hybridized carbons (Fsp3) is 0.476. The first-order valence-corrected chi connectivity index (χ1v) is 11.4. The number of hydrogen-bond acceptors (Lipinski definition) is 6. The number of carbonyl (C=O) groups is 1. The van der Waals surface area contributed by atoms with Gasteiger partial charge in [0.25, 0.3) is 5.91 Å². The molecule has 3 atom stereocenters. The minimum absolute atomic E-state index is 0.168. The quantitative estimate of drug-likeness (QED) is 0.666. The average Bonchev–Trinajstić information content (AvgIpc) is 3.41. The second kappa shape index (κ2) is 7.31. The van der Waals surface area contributed by atoms with Gasteiger partial charge in [0.2, 0.25) is 0 Å². The van der Waals surface area contributed by atoms with E-state index in [0.29, 0.717) is 35.8 Å². The molecule has 1 amide bonds. The number of nitrogens with zero attached hydrogens (tertiary/aromatic N) is 7. The summed E-state index contributed by atoms with van der Waals surface area (Å²) in [7, 11) is 3.18. The lowest BCUT2D eigenvalue weighted by Gasteiger charge is -2.36. The standard InChI is InChI=1S/C21H22F3N7OS/c1-11-15-12(17(30(4)28-15)13-9-14(21(22,23)24)27-29(13)3)5-8-31(11)19(32)16-18-20(2,6-7-25-16)26-10-33-18/h6-7,9-11,18H,5,8H2,1-4H3/t11-,18?,20?/m0/s1. The van der Waals surface area contributed by atoms with Crippen LogP contribution in [0.2, 0.25) is 0 Å². The molecule has 2 aromatic rings. The van der Waals surface area contributed by atoms with Gasteiger partial charge in [-0.25, -0.2) is 0 Å². The highest BCUT2D eigenvalue weighted by molar-refractivity contribution is 8.13. The second-order valence-corrected chi connectivity index (χ2v) is 9.56. The molecule has 0 saturated carbocycles. The SMILES string of the molecule is C[C@H]1c2nn(C)c(-c3cc(C(F)(F)F)nn3C)c2CCN1C(=O)C1=NC=CC2(C)N=CSC12. The van der Waals surface area contributed by atoms with Gasteiger partial charge in [-0.05, 0) is 32.4 Å². The number of alkyl halides is 3. The Balaban J connectivity index is 1.48. The Morgan fingerprint density at radius 2 is 2.00 bits per heavy atom. The number of fused-ring (bicyclic) bond motifs is 2. The van der Waals surface area contributed by atoms with Crippen LogP contribution >= 0.6 is 11.8 Å². The molecule has 5 rings (SSSR count). The number of aliphatic imine (C=N–C) groups is 2. The van der Waals surface area contributed by atoms with Crippen LogP contribution in [-0.4, -0.2) is 59.0 Å². The van der Waals surface area contributed by atoms with Crippen molar-refractivity contribution in [2.45, 2.75) is 43.3 Å². The summed E-state index contributed by atoms with van der Waals surface area (Å²) < 4.78 is 42.4. The van der Waals surface area contributed by atoms with Gasteiger partial charge < -0.3 is 4.90 Å². The van der Waals surface area contributed by atoms with E-state index in [4.69, 9.17) is 0 Å². The van der Waals surface area contributed by atoms with Gasteiger partial charge in [-0.3, -0.25) is 24.1 Å². The summed E-state index contributed by atoms with van der Waals surface area (Å²) >= 11 is 1.48. The summed E-state index contributed by atoms with van der Waals surface area (Å²) in [6, 6.07) is 0.685. The topological polar surface area (TPSA) is 80.7 Å². The van der Waals surface area contributed by atoms with Crippen molar-refractivity contribution in [2.24, 2.45) is 24.1 Å². The fourth-order valence-corrected chi connectivity index (χ4v) is 5.82. The van der Waals surface area contributed by atoms with Crippen LogP contribution in [-0.2, 0) is 31.5 Å². The van der Waals surface area contributed by atoms with Gasteiger partial charge in [-0.2, -0.15) is 23.4 Å². The average molecular weight is 478 g/mol. The predicted octanol–water partition coefficient (Wildman–Crippen LogP) is 3.16. The number of carbonyl (C=O) groups excluding carboxylic acids is 1. The zero-order valence-corrected chi connectivity index (χ0v) is 19.3. The molecular formula is C21H22F3N7OS. The highest BCUT2D eigenvalue weighted by Crippen LogP contribution is 2.40. The Kier molecular flexibility index (Phi) is 4.86. The molecule has 8 nitrogen and oxygen atoms in total. The number of hydrogen-bond donors (Lipinski definition) is 0. The highest BCUT2D eigenvalue weighted by atomic mass is 32.2. The van der Waals surface area contributed by atoms with Crippen molar-refractivity contribution in [3.8, 4) is 11.4 Å². The van der Waals surface area contributed by atoms with Crippen molar-refractivity contribution in [1.29, 1.82) is 0 Å². The van der Waals surface area contributed by atoms with Gasteiger partial charge in [0.15, 0.2) is 5.69 Å². The minimum Gasteiger partial charge on any atom is -0.329 e. The van der Waals surface area contributed by atoms with Crippen LogP contribution in [0, 0.1) is 0 Å². The van der Waals surface area contributed by atoms with Crippen LogP contribution in [0.5, 0.6) is 0 Å². The summed E-state index contributed by atoms with van der Waals surface area (Å²) in [6.45, 7) is 4.26. The number of thioether (sulfide) groups is 1. The lowest BCUT2D eigenvalue weighted by atomic mass is 9.91. The van der Waals surface area contributed by atoms with E-state index in [2.05, 4.69) is 20.2 Å². The van der Waals surface area contributed by atoms with Gasteiger partial charge >= 0.3 is 6.18 Å². The third-order valence-corrected chi connectivity index (χ3v) is 7.67. The molecule has 0 saturated heterocycles. The van der Waals surface area contributed by atoms with Crippen LogP contribution in [0.25, 0.3) is 11.4 Å². The number of rotatable bonds is 2. The summed E-state index contributed by atoms with van der Waals surface area (Å²) in [6.07, 6.45) is -0.532. The van der Waals surface area contributed by atoms with Crippen LogP contribution in [0.3, 0.4) is 0 Å². The summed E-state index contributed by atoms with van der Waals surface area (Å²) in [4.78, 5) is 24.1. The molecule has 33 heavy (non-hydrogen) atoms. The molecule has 0 aliphatic carbocycles. The molecule has 3 aliphatic heterocycles. The van der Waals surface area contributed by atoms with E-state index < -0.39 is 17.4 Å². The van der Waals surface area contributed by atoms with Gasteiger partial charge in [-0.15, -0.1) is 11.8 Å². The van der Waals surface area contributed by atoms with Crippen LogP contribution in [0.1, 0.15) is 36.8 Å². The van der Waals surface area contributed by atoms with E-state index in [1.54, 1.807) is 28.4 Å². The van der Waals surface area contributed by atoms with Gasteiger partial charge in [0.1, 0.15) is 5.71 Å². The molecule has 12 heteroatoms. The molecule has 0 bridgehead atoms. The van der Waals surface area contributed by atoms with Crippen LogP contribution < -0.4 is 0 Å². The highest BCUT2D eigenvalue weighted by Gasteiger charge is 2.46. The first-order chi connectivity index (χ1) is 15.5. The van der Waals surface area contributed by atoms with Gasteiger partial charge in [-0.1, -0.05) is 0 Å². The number of halogens is 3. The Morgan fingerprint density at radius 1 is 1.24 bits per heavy atom. The predicted molar refractivity (Wildman–Crippen MR) is 119 cm³/mol. The second-order valence-electron chi connectivity index (χ2n) is 8.60. The summed E-state index contributed by atoms with van der Waals surface area (Å²) in [5, 5.41) is 8.05. The van der Waals surface area contributed by atoms with E-state index in [1.165, 1.54) is 23.5 Å². The van der Waals surface area contributed by atoms with Gasteiger partial charge in [0.05, 0.1) is 39.5 Å². The molecule has 0 aromatic carbocycles. The van der Waals surface area contributed by atoms with Crippen molar-refractivity contribution in [3.63, 3.8) is 0 Å². The Labute approximate surface area is 192 Å². The van der Waals surface area contributed by atoms with E-state index in [9.17, 15) is 18.0 Å². The third kappa shape index (κ3) is 3.33. The van der Waals surface area contributed by atoms with Crippen molar-refractivity contribution >= 4 is 28.9 Å². The Bertz CT molecular complexity index is 1240. The van der Waals surface area contributed by atoms with Crippen molar-refractivity contribution in [2.75, 3.05) is 6.54 Å². The summed E-state index contributed by atoms with van der Waals surface area (Å²) in [5.41, 5.74) is 3.20. The molecule has 3 aliphatic rings. The molecule has 0 fully saturated rings. The van der Waals surface area contributed by atoms with Crippen molar-refractivity contribution in [1.82, 2.24) is 24.5 Å². The number of aryl methyl sites for hydroxylation is 2. The molecule has 2 aromatic heterocycles. The molecule has 0 radical (unpaired) electrons. The van der Waals surface area contributed by atoms with E-state index in [-0.39, 0.29) is 17.2 Å².